The lowest BCUT2D eigenvalue weighted by atomic mass is 10.1. The van der Waals surface area contributed by atoms with E-state index in [1.165, 1.54) is 26.4 Å². The van der Waals surface area contributed by atoms with Crippen molar-refractivity contribution < 1.29 is 14.3 Å². The summed E-state index contributed by atoms with van der Waals surface area (Å²) in [6, 6.07) is 0. The van der Waals surface area contributed by atoms with E-state index in [-0.39, 0.29) is 5.78 Å². The fourth-order valence-electron chi connectivity index (χ4n) is 1.17. The predicted molar refractivity (Wildman–Crippen MR) is 54.7 cm³/mol. The van der Waals surface area contributed by atoms with Crippen molar-refractivity contribution in [3.8, 4) is 0 Å². The van der Waals surface area contributed by atoms with Crippen molar-refractivity contribution in [2.75, 3.05) is 7.11 Å². The molecule has 3 nitrogen and oxygen atoms in total. The summed E-state index contributed by atoms with van der Waals surface area (Å²) in [4.78, 5) is 21.7. The monoisotopic (exact) mass is 199 g/mol. The molecule has 0 aromatic carbocycles. The van der Waals surface area contributed by atoms with Crippen LogP contribution >= 0.6 is 0 Å². The number of methoxy groups -OCH3 is 1. The van der Waals surface area contributed by atoms with Gasteiger partial charge < -0.3 is 4.74 Å². The molecular formula is C11H19O3. The van der Waals surface area contributed by atoms with Crippen LogP contribution in [-0.2, 0) is 14.3 Å². The first-order valence-corrected chi connectivity index (χ1v) is 5.16. The molecule has 0 bridgehead atoms. The van der Waals surface area contributed by atoms with Gasteiger partial charge in [0, 0.05) is 6.42 Å². The summed E-state index contributed by atoms with van der Waals surface area (Å²) in [6.45, 7) is 2.15. The largest absolute Gasteiger partial charge is 0.468 e. The lowest BCUT2D eigenvalue weighted by Gasteiger charge is -1.99. The molecule has 0 saturated carbocycles. The van der Waals surface area contributed by atoms with Gasteiger partial charge in [0.05, 0.1) is 7.11 Å². The normalized spacial score (nSPS) is 9.86. The summed E-state index contributed by atoms with van der Waals surface area (Å²) in [5.41, 5.74) is 0. The smallest absolute Gasteiger partial charge is 0.317 e. The molecule has 0 atom stereocenters. The molecule has 81 valence electrons. The molecule has 0 aliphatic heterocycles. The lowest BCUT2D eigenvalue weighted by molar-refractivity contribution is -0.138. The highest BCUT2D eigenvalue weighted by molar-refractivity contribution is 6.06. The first-order chi connectivity index (χ1) is 6.70. The SMILES string of the molecule is CCCCCCCC(=O)[CH]C(=O)OC. The molecular weight excluding hydrogens is 180 g/mol. The predicted octanol–water partition coefficient (Wildman–Crippen LogP) is 2.29. The van der Waals surface area contributed by atoms with Crippen LogP contribution in [-0.4, -0.2) is 18.9 Å². The van der Waals surface area contributed by atoms with E-state index >= 15 is 0 Å². The minimum Gasteiger partial charge on any atom is -0.468 e. The van der Waals surface area contributed by atoms with Crippen molar-refractivity contribution in [3.63, 3.8) is 0 Å². The van der Waals surface area contributed by atoms with Crippen LogP contribution in [0, 0.1) is 6.42 Å². The van der Waals surface area contributed by atoms with Gasteiger partial charge in [0.25, 0.3) is 0 Å². The molecule has 0 heterocycles. The Kier molecular flexibility index (Phi) is 8.19. The van der Waals surface area contributed by atoms with E-state index < -0.39 is 5.97 Å². The van der Waals surface area contributed by atoms with Gasteiger partial charge >= 0.3 is 5.97 Å². The number of rotatable bonds is 8. The minimum absolute atomic E-state index is 0.131. The first kappa shape index (κ1) is 13.1. The van der Waals surface area contributed by atoms with Gasteiger partial charge in [-0.1, -0.05) is 32.6 Å². The van der Waals surface area contributed by atoms with Crippen LogP contribution in [0.5, 0.6) is 0 Å². The fourth-order valence-corrected chi connectivity index (χ4v) is 1.17. The molecule has 0 aliphatic rings. The van der Waals surface area contributed by atoms with Crippen molar-refractivity contribution >= 4 is 11.8 Å². The van der Waals surface area contributed by atoms with Crippen LogP contribution in [0.4, 0.5) is 0 Å². The van der Waals surface area contributed by atoms with Gasteiger partial charge in [0.15, 0.2) is 0 Å². The fraction of sp³-hybridized carbons (Fsp3) is 0.727. The van der Waals surface area contributed by atoms with Crippen molar-refractivity contribution in [1.82, 2.24) is 0 Å². The van der Waals surface area contributed by atoms with E-state index in [4.69, 9.17) is 0 Å². The third-order valence-corrected chi connectivity index (χ3v) is 2.01. The molecule has 1 radical (unpaired) electrons. The van der Waals surface area contributed by atoms with Gasteiger partial charge in [0.1, 0.15) is 12.2 Å². The number of ketones is 1. The van der Waals surface area contributed by atoms with Crippen LogP contribution < -0.4 is 0 Å². The van der Waals surface area contributed by atoms with Crippen molar-refractivity contribution in [2.24, 2.45) is 0 Å². The lowest BCUT2D eigenvalue weighted by Crippen LogP contribution is -2.09. The van der Waals surface area contributed by atoms with Crippen LogP contribution in [0.2, 0.25) is 0 Å². The van der Waals surface area contributed by atoms with Crippen molar-refractivity contribution in [3.05, 3.63) is 6.42 Å². The quantitative estimate of drug-likeness (QED) is 0.342. The Morgan fingerprint density at radius 2 is 1.79 bits per heavy atom. The standard InChI is InChI=1S/C11H19O3/c1-3-4-5-6-7-8-10(12)9-11(13)14-2/h9H,3-8H2,1-2H3. The summed E-state index contributed by atoms with van der Waals surface area (Å²) < 4.78 is 4.35. The van der Waals surface area contributed by atoms with E-state index in [2.05, 4.69) is 11.7 Å². The highest BCUT2D eigenvalue weighted by Crippen LogP contribution is 2.06. The van der Waals surface area contributed by atoms with Gasteiger partial charge in [-0.25, -0.2) is 0 Å². The Morgan fingerprint density at radius 1 is 1.14 bits per heavy atom. The Labute approximate surface area is 85.8 Å². The zero-order valence-electron chi connectivity index (χ0n) is 9.04. The van der Waals surface area contributed by atoms with E-state index in [1.54, 1.807) is 0 Å². The Morgan fingerprint density at radius 3 is 2.36 bits per heavy atom. The Hall–Kier alpha value is -0.860. The number of unbranched alkanes of at least 4 members (excludes halogenated alkanes) is 4. The molecule has 0 unspecified atom stereocenters. The topological polar surface area (TPSA) is 43.4 Å². The zero-order valence-corrected chi connectivity index (χ0v) is 9.04. The van der Waals surface area contributed by atoms with Crippen molar-refractivity contribution in [2.45, 2.75) is 45.4 Å². The summed E-state index contributed by atoms with van der Waals surface area (Å²) >= 11 is 0. The zero-order chi connectivity index (χ0) is 10.8. The highest BCUT2D eigenvalue weighted by Gasteiger charge is 2.09. The molecule has 0 aromatic heterocycles. The van der Waals surface area contributed by atoms with Gasteiger partial charge in [-0.3, -0.25) is 9.59 Å². The average molecular weight is 199 g/mol. The van der Waals surface area contributed by atoms with Crippen LogP contribution in [0.25, 0.3) is 0 Å². The number of carbonyl (C=O) groups excluding carboxylic acids is 2. The molecule has 0 aromatic rings. The van der Waals surface area contributed by atoms with E-state index in [9.17, 15) is 9.59 Å². The maximum absolute atomic E-state index is 11.1. The van der Waals surface area contributed by atoms with E-state index in [0.717, 1.165) is 19.3 Å². The summed E-state index contributed by atoms with van der Waals surface area (Å²) in [7, 11) is 1.27. The molecule has 3 heteroatoms. The molecule has 0 saturated heterocycles. The summed E-state index contributed by atoms with van der Waals surface area (Å²) in [6.07, 6.45) is 7.00. The average Bonchev–Trinajstić information content (AvgIpc) is 2.17. The number of carbonyl (C=O) groups is 2. The molecule has 0 amide bonds. The Bertz CT molecular complexity index is 175. The van der Waals surface area contributed by atoms with Gasteiger partial charge in [0.2, 0.25) is 0 Å². The first-order valence-electron chi connectivity index (χ1n) is 5.16. The summed E-state index contributed by atoms with van der Waals surface area (Å²) in [5.74, 6) is -0.683. The number of esters is 1. The van der Waals surface area contributed by atoms with Crippen LogP contribution in [0.3, 0.4) is 0 Å². The third kappa shape index (κ3) is 7.77. The highest BCUT2D eigenvalue weighted by atomic mass is 16.5. The van der Waals surface area contributed by atoms with Gasteiger partial charge in [-0.2, -0.15) is 0 Å². The third-order valence-electron chi connectivity index (χ3n) is 2.01. The van der Waals surface area contributed by atoms with E-state index in [1.807, 2.05) is 0 Å². The molecule has 14 heavy (non-hydrogen) atoms. The van der Waals surface area contributed by atoms with Gasteiger partial charge in [-0.15, -0.1) is 0 Å². The molecule has 0 N–H and O–H groups in total. The number of hydrogen-bond acceptors (Lipinski definition) is 3. The summed E-state index contributed by atoms with van der Waals surface area (Å²) in [5, 5.41) is 0. The number of Topliss-reactive ketones (excluding diaryl/α,β-unsaturated/α-hetero) is 1. The second-order valence-corrected chi connectivity index (χ2v) is 3.30. The molecule has 0 spiro atoms. The number of hydrogen-bond donors (Lipinski definition) is 0. The Balaban J connectivity index is 3.31. The maximum Gasteiger partial charge on any atom is 0.317 e. The molecule has 0 fully saturated rings. The second-order valence-electron chi connectivity index (χ2n) is 3.30. The van der Waals surface area contributed by atoms with E-state index in [0.29, 0.717) is 6.42 Å². The van der Waals surface area contributed by atoms with Crippen LogP contribution in [0.1, 0.15) is 45.4 Å². The van der Waals surface area contributed by atoms with Crippen LogP contribution in [0.15, 0.2) is 0 Å². The maximum atomic E-state index is 11.1. The second kappa shape index (κ2) is 8.73. The minimum atomic E-state index is -0.552. The molecule has 0 aliphatic carbocycles. The molecule has 0 rings (SSSR count). The number of ether oxygens (including phenoxy) is 1. The van der Waals surface area contributed by atoms with Gasteiger partial charge in [-0.05, 0) is 6.42 Å². The van der Waals surface area contributed by atoms with Crippen molar-refractivity contribution in [1.29, 1.82) is 0 Å².